The Bertz CT molecular complexity index is 759. The average molecular weight is 269 g/mol. The second kappa shape index (κ2) is 4.67. The molecule has 0 aliphatic rings. The summed E-state index contributed by atoms with van der Waals surface area (Å²) in [5, 5.41) is 1.17. The fraction of sp³-hybridized carbons (Fsp3) is 0.125. The number of fused-ring (bicyclic) bond motifs is 1. The smallest absolute Gasteiger partial charge is 0.157 e. The van der Waals surface area contributed by atoms with Gasteiger partial charge in [-0.15, -0.1) is 0 Å². The summed E-state index contributed by atoms with van der Waals surface area (Å²) < 4.78 is 14.6. The summed E-state index contributed by atoms with van der Waals surface area (Å²) in [5.41, 5.74) is 3.26. The van der Waals surface area contributed by atoms with E-state index < -0.39 is 11.0 Å². The molecule has 0 saturated carbocycles. The third-order valence-electron chi connectivity index (χ3n) is 3.30. The number of hydrogen-bond acceptors (Lipinski definition) is 1. The van der Waals surface area contributed by atoms with Gasteiger partial charge in [-0.05, 0) is 43.7 Å². The van der Waals surface area contributed by atoms with Gasteiger partial charge in [0.25, 0.3) is 0 Å². The topological polar surface area (TPSA) is 22.0 Å². The quantitative estimate of drug-likeness (QED) is 0.693. The molecule has 3 heteroatoms. The molecule has 0 amide bonds. The largest absolute Gasteiger partial charge is 0.260 e. The minimum Gasteiger partial charge on any atom is -0.260 e. The van der Waals surface area contributed by atoms with E-state index in [9.17, 15) is 4.21 Å². The van der Waals surface area contributed by atoms with Crippen molar-refractivity contribution in [1.82, 2.24) is 3.97 Å². The van der Waals surface area contributed by atoms with Gasteiger partial charge in [-0.1, -0.05) is 30.3 Å². The Kier molecular flexibility index (Phi) is 2.99. The normalized spacial score (nSPS) is 12.7. The second-order valence-electron chi connectivity index (χ2n) is 4.65. The Balaban J connectivity index is 2.24. The maximum atomic E-state index is 12.7. The predicted molar refractivity (Wildman–Crippen MR) is 79.7 cm³/mol. The van der Waals surface area contributed by atoms with Gasteiger partial charge in [0.1, 0.15) is 0 Å². The van der Waals surface area contributed by atoms with Crippen LogP contribution in [0.2, 0.25) is 0 Å². The lowest BCUT2D eigenvalue weighted by molar-refractivity contribution is 0.677. The van der Waals surface area contributed by atoms with Crippen molar-refractivity contribution < 1.29 is 4.21 Å². The molecule has 3 aromatic rings. The first-order chi connectivity index (χ1) is 9.18. The molecular formula is C16H15NOS. The summed E-state index contributed by atoms with van der Waals surface area (Å²) in [6.45, 7) is 4.08. The lowest BCUT2D eigenvalue weighted by atomic mass is 10.1. The average Bonchev–Trinajstić information content (AvgIpc) is 2.77. The van der Waals surface area contributed by atoms with Crippen LogP contribution in [0.25, 0.3) is 10.9 Å². The maximum absolute atomic E-state index is 12.7. The Morgan fingerprint density at radius 1 is 0.947 bits per heavy atom. The molecule has 0 aliphatic heterocycles. The Hall–Kier alpha value is -1.87. The fourth-order valence-corrected chi connectivity index (χ4v) is 3.60. The molecule has 3 rings (SSSR count). The standard InChI is InChI=1S/C16H15NOS/c1-12-7-6-10-16-15(12)11-13(2)17(16)19(18)14-8-4-3-5-9-14/h3-11H,1-2H3. The van der Waals surface area contributed by atoms with Crippen LogP contribution in [-0.4, -0.2) is 8.18 Å². The van der Waals surface area contributed by atoms with E-state index in [2.05, 4.69) is 19.1 Å². The van der Waals surface area contributed by atoms with Crippen LogP contribution in [0.3, 0.4) is 0 Å². The fourth-order valence-electron chi connectivity index (χ4n) is 2.35. The van der Waals surface area contributed by atoms with Crippen molar-refractivity contribution in [3.8, 4) is 0 Å². The van der Waals surface area contributed by atoms with Crippen molar-refractivity contribution in [2.45, 2.75) is 18.7 Å². The van der Waals surface area contributed by atoms with Gasteiger partial charge in [0.2, 0.25) is 0 Å². The third-order valence-corrected chi connectivity index (χ3v) is 4.80. The van der Waals surface area contributed by atoms with Gasteiger partial charge in [0.05, 0.1) is 10.4 Å². The van der Waals surface area contributed by atoms with E-state index in [0.29, 0.717) is 0 Å². The molecule has 19 heavy (non-hydrogen) atoms. The van der Waals surface area contributed by atoms with Gasteiger partial charge in [0, 0.05) is 11.1 Å². The highest BCUT2D eigenvalue weighted by molar-refractivity contribution is 7.83. The van der Waals surface area contributed by atoms with Crippen molar-refractivity contribution >= 4 is 21.9 Å². The summed E-state index contributed by atoms with van der Waals surface area (Å²) >= 11 is 0. The van der Waals surface area contributed by atoms with Crippen molar-refractivity contribution in [2.75, 3.05) is 0 Å². The van der Waals surface area contributed by atoms with Crippen LogP contribution in [0, 0.1) is 13.8 Å². The highest BCUT2D eigenvalue weighted by Crippen LogP contribution is 2.25. The van der Waals surface area contributed by atoms with Crippen LogP contribution in [0.15, 0.2) is 59.5 Å². The molecule has 2 aromatic carbocycles. The predicted octanol–water partition coefficient (Wildman–Crippen LogP) is 3.83. The minimum absolute atomic E-state index is 0.824. The first kappa shape index (κ1) is 12.2. The Morgan fingerprint density at radius 2 is 1.68 bits per heavy atom. The molecule has 0 aliphatic carbocycles. The molecule has 1 heterocycles. The SMILES string of the molecule is Cc1cccc2c1cc(C)n2S(=O)c1ccccc1. The number of hydrogen-bond donors (Lipinski definition) is 0. The molecular weight excluding hydrogens is 254 g/mol. The highest BCUT2D eigenvalue weighted by Gasteiger charge is 2.13. The first-order valence-corrected chi connectivity index (χ1v) is 7.34. The molecule has 0 N–H and O–H groups in total. The molecule has 1 aromatic heterocycles. The number of nitrogens with zero attached hydrogens (tertiary/aromatic N) is 1. The maximum Gasteiger partial charge on any atom is 0.157 e. The zero-order valence-electron chi connectivity index (χ0n) is 11.0. The summed E-state index contributed by atoms with van der Waals surface area (Å²) in [5.74, 6) is 0. The molecule has 1 unspecified atom stereocenters. The van der Waals surface area contributed by atoms with Crippen molar-refractivity contribution in [3.05, 3.63) is 65.9 Å². The summed E-state index contributed by atoms with van der Waals surface area (Å²) in [4.78, 5) is 0.824. The number of rotatable bonds is 2. The van der Waals surface area contributed by atoms with Gasteiger partial charge in [-0.2, -0.15) is 0 Å². The van der Waals surface area contributed by atoms with Gasteiger partial charge >= 0.3 is 0 Å². The summed E-state index contributed by atoms with van der Waals surface area (Å²) in [6, 6.07) is 17.8. The van der Waals surface area contributed by atoms with E-state index in [1.54, 1.807) is 0 Å². The van der Waals surface area contributed by atoms with Crippen LogP contribution < -0.4 is 0 Å². The molecule has 0 spiro atoms. The van der Waals surface area contributed by atoms with E-state index in [1.165, 1.54) is 10.9 Å². The molecule has 1 atom stereocenters. The van der Waals surface area contributed by atoms with Gasteiger partial charge < -0.3 is 0 Å². The van der Waals surface area contributed by atoms with E-state index >= 15 is 0 Å². The summed E-state index contributed by atoms with van der Waals surface area (Å²) in [6.07, 6.45) is 0. The molecule has 2 nitrogen and oxygen atoms in total. The zero-order valence-corrected chi connectivity index (χ0v) is 11.8. The summed E-state index contributed by atoms with van der Waals surface area (Å²) in [7, 11) is -1.19. The Morgan fingerprint density at radius 3 is 2.42 bits per heavy atom. The van der Waals surface area contributed by atoms with Crippen LogP contribution in [-0.2, 0) is 11.0 Å². The van der Waals surface area contributed by atoms with E-state index in [1.807, 2.05) is 53.4 Å². The second-order valence-corrected chi connectivity index (χ2v) is 5.98. The number of benzene rings is 2. The molecule has 0 fully saturated rings. The van der Waals surface area contributed by atoms with Gasteiger partial charge in [-0.3, -0.25) is 3.97 Å². The van der Waals surface area contributed by atoms with Gasteiger partial charge in [-0.25, -0.2) is 4.21 Å². The zero-order chi connectivity index (χ0) is 13.4. The van der Waals surface area contributed by atoms with E-state index in [4.69, 9.17) is 0 Å². The van der Waals surface area contributed by atoms with Crippen LogP contribution in [0.1, 0.15) is 11.3 Å². The molecule has 0 bridgehead atoms. The van der Waals surface area contributed by atoms with E-state index in [0.717, 1.165) is 16.1 Å². The Labute approximate surface area is 115 Å². The van der Waals surface area contributed by atoms with Crippen molar-refractivity contribution in [2.24, 2.45) is 0 Å². The highest BCUT2D eigenvalue weighted by atomic mass is 32.2. The lowest BCUT2D eigenvalue weighted by Gasteiger charge is -2.08. The van der Waals surface area contributed by atoms with Gasteiger partial charge in [0.15, 0.2) is 11.0 Å². The minimum atomic E-state index is -1.19. The van der Waals surface area contributed by atoms with Crippen LogP contribution in [0.4, 0.5) is 0 Å². The van der Waals surface area contributed by atoms with Crippen molar-refractivity contribution in [1.29, 1.82) is 0 Å². The molecule has 0 saturated heterocycles. The number of aryl methyl sites for hydroxylation is 2. The third kappa shape index (κ3) is 2.00. The van der Waals surface area contributed by atoms with Crippen LogP contribution >= 0.6 is 0 Å². The van der Waals surface area contributed by atoms with E-state index in [-0.39, 0.29) is 0 Å². The molecule has 0 radical (unpaired) electrons. The van der Waals surface area contributed by atoms with Crippen LogP contribution in [0.5, 0.6) is 0 Å². The number of aromatic nitrogens is 1. The molecule has 96 valence electrons. The lowest BCUT2D eigenvalue weighted by Crippen LogP contribution is -2.06. The first-order valence-electron chi connectivity index (χ1n) is 6.23. The van der Waals surface area contributed by atoms with Crippen molar-refractivity contribution in [3.63, 3.8) is 0 Å². The monoisotopic (exact) mass is 269 g/mol.